The van der Waals surface area contributed by atoms with Crippen molar-refractivity contribution in [3.8, 4) is 27.9 Å². The van der Waals surface area contributed by atoms with Gasteiger partial charge in [0.1, 0.15) is 0 Å². The third-order valence-electron chi connectivity index (χ3n) is 11.9. The van der Waals surface area contributed by atoms with Crippen LogP contribution in [0.1, 0.15) is 0 Å². The molecule has 3 heteroatoms. The van der Waals surface area contributed by atoms with Gasteiger partial charge in [0.25, 0.3) is 0 Å². The van der Waals surface area contributed by atoms with Gasteiger partial charge in [-0.25, -0.2) is 0 Å². The summed E-state index contributed by atoms with van der Waals surface area (Å²) in [5.74, 6) is 0. The second-order valence-electron chi connectivity index (χ2n) is 15.3. The smallest absolute Gasteiger partial charge is 0.0640 e. The molecule has 12 aromatic rings. The Hall–Kier alpha value is -7.46. The van der Waals surface area contributed by atoms with E-state index in [4.69, 9.17) is 0 Å². The lowest BCUT2D eigenvalue weighted by molar-refractivity contribution is 1.18. The highest BCUT2D eigenvalue weighted by Crippen LogP contribution is 2.49. The van der Waals surface area contributed by atoms with Crippen LogP contribution in [0, 0.1) is 0 Å². The number of hydrogen-bond donors (Lipinski definition) is 0. The van der Waals surface area contributed by atoms with E-state index < -0.39 is 0 Å². The minimum atomic E-state index is 1.12. The maximum Gasteiger partial charge on any atom is 0.0640 e. The highest BCUT2D eigenvalue weighted by atomic mass is 32.1. The quantitative estimate of drug-likeness (QED) is 0.164. The number of anilines is 3. The van der Waals surface area contributed by atoms with Crippen molar-refractivity contribution in [2.75, 3.05) is 4.90 Å². The SMILES string of the molecule is c1ccc(-c2ccc(-c3ccc(-n4c5cc6ccccc6cc5c5c(N(c6ccccc6)c6cccc7c6sc6ccc8ccccc8c67)cccc54)cc3)cc2)cc1. The van der Waals surface area contributed by atoms with Crippen molar-refractivity contribution in [1.82, 2.24) is 4.57 Å². The molecule has 0 radical (unpaired) electrons. The van der Waals surface area contributed by atoms with Gasteiger partial charge in [-0.2, -0.15) is 0 Å². The molecule has 10 aromatic carbocycles. The number of hydrogen-bond acceptors (Lipinski definition) is 2. The molecule has 0 fully saturated rings. The van der Waals surface area contributed by atoms with E-state index in [0.717, 1.165) is 17.1 Å². The van der Waals surface area contributed by atoms with Crippen molar-refractivity contribution in [1.29, 1.82) is 0 Å². The van der Waals surface area contributed by atoms with Crippen molar-refractivity contribution >= 4 is 91.9 Å². The second-order valence-corrected chi connectivity index (χ2v) is 16.4. The van der Waals surface area contributed by atoms with Gasteiger partial charge in [0.15, 0.2) is 0 Å². The molecule has 59 heavy (non-hydrogen) atoms. The fraction of sp³-hybridized carbons (Fsp3) is 0. The molecular formula is C56H36N2S. The van der Waals surface area contributed by atoms with E-state index in [9.17, 15) is 0 Å². The lowest BCUT2D eigenvalue weighted by atomic mass is 10.0. The molecule has 12 rings (SSSR count). The average molecular weight is 769 g/mol. The maximum atomic E-state index is 2.49. The first-order valence-corrected chi connectivity index (χ1v) is 21.0. The van der Waals surface area contributed by atoms with Crippen LogP contribution in [0.15, 0.2) is 218 Å². The van der Waals surface area contributed by atoms with E-state index in [0.29, 0.717) is 0 Å². The summed E-state index contributed by atoms with van der Waals surface area (Å²) in [7, 11) is 0. The Morgan fingerprint density at radius 3 is 1.68 bits per heavy atom. The zero-order valence-corrected chi connectivity index (χ0v) is 32.9. The van der Waals surface area contributed by atoms with Crippen LogP contribution in [0.25, 0.3) is 91.5 Å². The summed E-state index contributed by atoms with van der Waals surface area (Å²) >= 11 is 1.89. The Bertz CT molecular complexity index is 3530. The minimum Gasteiger partial charge on any atom is -0.309 e. The molecule has 2 aromatic heterocycles. The fourth-order valence-corrected chi connectivity index (χ4v) is 10.4. The third-order valence-corrected chi connectivity index (χ3v) is 13.1. The van der Waals surface area contributed by atoms with Gasteiger partial charge in [-0.3, -0.25) is 0 Å². The molecule has 0 bridgehead atoms. The molecule has 2 heterocycles. The Labute approximate surface area is 346 Å². The number of para-hydroxylation sites is 1. The maximum absolute atomic E-state index is 2.49. The van der Waals surface area contributed by atoms with Crippen LogP contribution in [0.5, 0.6) is 0 Å². The fourth-order valence-electron chi connectivity index (χ4n) is 9.20. The number of benzene rings is 10. The summed E-state index contributed by atoms with van der Waals surface area (Å²) in [6.45, 7) is 0. The lowest BCUT2D eigenvalue weighted by Gasteiger charge is -2.27. The second kappa shape index (κ2) is 13.6. The van der Waals surface area contributed by atoms with Crippen molar-refractivity contribution in [2.45, 2.75) is 0 Å². The first-order valence-electron chi connectivity index (χ1n) is 20.2. The Morgan fingerprint density at radius 1 is 0.356 bits per heavy atom. The zero-order chi connectivity index (χ0) is 38.9. The molecule has 0 atom stereocenters. The third kappa shape index (κ3) is 5.47. The first-order chi connectivity index (χ1) is 29.3. The molecule has 0 spiro atoms. The standard InChI is InChI=1S/C56H36N2S/c1-3-13-37(14-4-1)38-25-27-39(28-26-38)40-29-32-45(33-30-40)58-50-23-12-22-49(55(50)48-35-42-16-7-8-17-43(42)36-52(48)58)57(44-18-5-2-6-19-44)51-24-11-21-47-54-46-20-10-9-15-41(46)31-34-53(54)59-56(47)51/h1-36H. The van der Waals surface area contributed by atoms with Crippen LogP contribution in [-0.4, -0.2) is 4.57 Å². The van der Waals surface area contributed by atoms with Crippen molar-refractivity contribution in [2.24, 2.45) is 0 Å². The first kappa shape index (κ1) is 33.7. The van der Waals surface area contributed by atoms with Crippen LogP contribution in [-0.2, 0) is 0 Å². The normalized spacial score (nSPS) is 11.7. The van der Waals surface area contributed by atoms with Gasteiger partial charge >= 0.3 is 0 Å². The predicted octanol–water partition coefficient (Wildman–Crippen LogP) is 16.3. The molecule has 0 saturated heterocycles. The van der Waals surface area contributed by atoms with Gasteiger partial charge in [0.2, 0.25) is 0 Å². The number of thiophene rings is 1. The molecule has 2 nitrogen and oxygen atoms in total. The highest BCUT2D eigenvalue weighted by Gasteiger charge is 2.24. The summed E-state index contributed by atoms with van der Waals surface area (Å²) in [5, 5.41) is 10.1. The van der Waals surface area contributed by atoms with E-state index >= 15 is 0 Å². The van der Waals surface area contributed by atoms with Crippen molar-refractivity contribution in [3.05, 3.63) is 218 Å². The Morgan fingerprint density at radius 2 is 0.932 bits per heavy atom. The number of aromatic nitrogens is 1. The van der Waals surface area contributed by atoms with Crippen LogP contribution >= 0.6 is 11.3 Å². The summed E-state index contributed by atoms with van der Waals surface area (Å²) in [6.07, 6.45) is 0. The summed E-state index contributed by atoms with van der Waals surface area (Å²) in [6, 6.07) is 79.9. The largest absolute Gasteiger partial charge is 0.309 e. The Kier molecular flexibility index (Phi) is 7.75. The van der Waals surface area contributed by atoms with E-state index in [2.05, 4.69) is 228 Å². The monoisotopic (exact) mass is 768 g/mol. The van der Waals surface area contributed by atoms with Crippen LogP contribution in [0.4, 0.5) is 17.1 Å². The molecule has 0 saturated carbocycles. The number of rotatable bonds is 6. The van der Waals surface area contributed by atoms with Gasteiger partial charge in [-0.05, 0) is 104 Å². The zero-order valence-electron chi connectivity index (χ0n) is 32.1. The van der Waals surface area contributed by atoms with Crippen LogP contribution in [0.3, 0.4) is 0 Å². The number of nitrogens with zero attached hydrogens (tertiary/aromatic N) is 2. The van der Waals surface area contributed by atoms with Crippen LogP contribution in [0.2, 0.25) is 0 Å². The van der Waals surface area contributed by atoms with Gasteiger partial charge < -0.3 is 9.47 Å². The van der Waals surface area contributed by atoms with E-state index in [1.807, 2.05) is 11.3 Å². The number of fused-ring (bicyclic) bond motifs is 9. The van der Waals surface area contributed by atoms with Gasteiger partial charge in [0, 0.05) is 37.6 Å². The van der Waals surface area contributed by atoms with Gasteiger partial charge in [-0.1, -0.05) is 158 Å². The van der Waals surface area contributed by atoms with Gasteiger partial charge in [-0.15, -0.1) is 11.3 Å². The molecule has 0 amide bonds. The lowest BCUT2D eigenvalue weighted by Crippen LogP contribution is -2.10. The molecule has 0 N–H and O–H groups in total. The van der Waals surface area contributed by atoms with E-state index in [-0.39, 0.29) is 0 Å². The molecule has 0 aliphatic rings. The van der Waals surface area contributed by atoms with Gasteiger partial charge in [0.05, 0.1) is 27.1 Å². The highest BCUT2D eigenvalue weighted by molar-refractivity contribution is 7.26. The van der Waals surface area contributed by atoms with Crippen molar-refractivity contribution < 1.29 is 0 Å². The summed E-state index contributed by atoms with van der Waals surface area (Å²) in [4.78, 5) is 2.49. The van der Waals surface area contributed by atoms with Crippen molar-refractivity contribution in [3.63, 3.8) is 0 Å². The van der Waals surface area contributed by atoms with E-state index in [1.165, 1.54) is 91.5 Å². The minimum absolute atomic E-state index is 1.12. The molecule has 276 valence electrons. The van der Waals surface area contributed by atoms with E-state index in [1.54, 1.807) is 0 Å². The topological polar surface area (TPSA) is 8.17 Å². The molecule has 0 aliphatic carbocycles. The molecule has 0 aliphatic heterocycles. The summed E-state index contributed by atoms with van der Waals surface area (Å²) in [5.41, 5.74) is 11.8. The predicted molar refractivity (Wildman–Crippen MR) is 254 cm³/mol. The Balaban J connectivity index is 1.08. The molecule has 0 unspecified atom stereocenters. The summed E-state index contributed by atoms with van der Waals surface area (Å²) < 4.78 is 5.04. The average Bonchev–Trinajstić information content (AvgIpc) is 3.86. The van der Waals surface area contributed by atoms with Crippen LogP contribution < -0.4 is 4.90 Å². The molecular weight excluding hydrogens is 733 g/mol.